The van der Waals surface area contributed by atoms with Gasteiger partial charge in [0.05, 0.1) is 28.8 Å². The summed E-state index contributed by atoms with van der Waals surface area (Å²) in [7, 11) is 0. The second-order valence-electron chi connectivity index (χ2n) is 6.30. The van der Waals surface area contributed by atoms with Crippen LogP contribution in [-0.4, -0.2) is 37.7 Å². The standard InChI is InChI=1S/C20H20N4O3/c21-6-8-23-16-13-5-10-27-20(13)17(24-9-7-22)15-14(16)18(25)11-3-1-2-4-12(11)19(15)26/h1-5,10,23-24H,6-9,21-22H2. The molecule has 6 N–H and O–H groups in total. The van der Waals surface area contributed by atoms with Gasteiger partial charge in [0.15, 0.2) is 17.1 Å². The molecule has 0 atom stereocenters. The number of rotatable bonds is 6. The molecule has 0 aliphatic heterocycles. The monoisotopic (exact) mass is 364 g/mol. The molecular weight excluding hydrogens is 344 g/mol. The normalized spacial score (nSPS) is 12.8. The molecule has 7 heteroatoms. The van der Waals surface area contributed by atoms with E-state index in [0.717, 1.165) is 5.39 Å². The summed E-state index contributed by atoms with van der Waals surface area (Å²) in [5.41, 5.74) is 14.3. The van der Waals surface area contributed by atoms with Crippen molar-refractivity contribution in [2.75, 3.05) is 36.8 Å². The van der Waals surface area contributed by atoms with Crippen LogP contribution in [0, 0.1) is 0 Å². The second-order valence-corrected chi connectivity index (χ2v) is 6.30. The van der Waals surface area contributed by atoms with E-state index in [4.69, 9.17) is 15.9 Å². The number of carbonyl (C=O) groups is 2. The van der Waals surface area contributed by atoms with Gasteiger partial charge in [0.1, 0.15) is 0 Å². The Morgan fingerprint density at radius 1 is 0.815 bits per heavy atom. The average molecular weight is 364 g/mol. The molecule has 138 valence electrons. The van der Waals surface area contributed by atoms with E-state index in [2.05, 4.69) is 10.6 Å². The third kappa shape index (κ3) is 2.59. The first-order valence-electron chi connectivity index (χ1n) is 8.82. The first-order chi connectivity index (χ1) is 13.2. The van der Waals surface area contributed by atoms with E-state index >= 15 is 0 Å². The number of hydrogen-bond donors (Lipinski definition) is 4. The van der Waals surface area contributed by atoms with Gasteiger partial charge in [-0.2, -0.15) is 0 Å². The van der Waals surface area contributed by atoms with Crippen LogP contribution in [-0.2, 0) is 0 Å². The van der Waals surface area contributed by atoms with E-state index in [9.17, 15) is 9.59 Å². The lowest BCUT2D eigenvalue weighted by Gasteiger charge is -2.24. The van der Waals surface area contributed by atoms with Crippen molar-refractivity contribution in [3.8, 4) is 0 Å². The van der Waals surface area contributed by atoms with Crippen LogP contribution in [0.5, 0.6) is 0 Å². The Kier molecular flexibility index (Phi) is 4.39. The van der Waals surface area contributed by atoms with Gasteiger partial charge in [0.25, 0.3) is 0 Å². The second kappa shape index (κ2) is 6.86. The van der Waals surface area contributed by atoms with Crippen LogP contribution in [0.4, 0.5) is 11.4 Å². The van der Waals surface area contributed by atoms with Crippen molar-refractivity contribution in [3.63, 3.8) is 0 Å². The predicted molar refractivity (Wildman–Crippen MR) is 105 cm³/mol. The van der Waals surface area contributed by atoms with Crippen LogP contribution in [0.3, 0.4) is 0 Å². The highest BCUT2D eigenvalue weighted by molar-refractivity contribution is 6.34. The minimum absolute atomic E-state index is 0.196. The highest BCUT2D eigenvalue weighted by Gasteiger charge is 2.36. The van der Waals surface area contributed by atoms with Crippen LogP contribution in [0.1, 0.15) is 31.8 Å². The molecule has 2 aromatic carbocycles. The maximum atomic E-state index is 13.3. The largest absolute Gasteiger partial charge is 0.462 e. The molecule has 0 unspecified atom stereocenters. The molecule has 0 fully saturated rings. The summed E-state index contributed by atoms with van der Waals surface area (Å²) in [6.07, 6.45) is 1.54. The number of furan rings is 1. The summed E-state index contributed by atoms with van der Waals surface area (Å²) in [5, 5.41) is 7.10. The molecule has 0 amide bonds. The zero-order chi connectivity index (χ0) is 19.0. The van der Waals surface area contributed by atoms with Gasteiger partial charge < -0.3 is 26.5 Å². The molecule has 1 aliphatic rings. The summed E-state index contributed by atoms with van der Waals surface area (Å²) in [4.78, 5) is 26.6. The molecular formula is C20H20N4O3. The minimum Gasteiger partial charge on any atom is -0.462 e. The Bertz CT molecular complexity index is 974. The molecule has 0 saturated carbocycles. The summed E-state index contributed by atoms with van der Waals surface area (Å²) >= 11 is 0. The van der Waals surface area contributed by atoms with Crippen molar-refractivity contribution in [3.05, 3.63) is 58.8 Å². The van der Waals surface area contributed by atoms with E-state index in [1.54, 1.807) is 36.6 Å². The summed E-state index contributed by atoms with van der Waals surface area (Å²) in [5.74, 6) is -0.410. The van der Waals surface area contributed by atoms with Crippen molar-refractivity contribution in [2.45, 2.75) is 0 Å². The van der Waals surface area contributed by atoms with Crippen LogP contribution in [0.25, 0.3) is 11.0 Å². The predicted octanol–water partition coefficient (Wildman–Crippen LogP) is 1.95. The van der Waals surface area contributed by atoms with Crippen LogP contribution in [0.15, 0.2) is 41.0 Å². The number of carbonyl (C=O) groups excluding carboxylic acids is 2. The molecule has 4 rings (SSSR count). The average Bonchev–Trinajstić information content (AvgIpc) is 3.18. The number of benzene rings is 2. The van der Waals surface area contributed by atoms with Gasteiger partial charge in [-0.25, -0.2) is 0 Å². The van der Waals surface area contributed by atoms with Gasteiger partial charge in [-0.3, -0.25) is 9.59 Å². The fourth-order valence-corrected chi connectivity index (χ4v) is 3.55. The first-order valence-corrected chi connectivity index (χ1v) is 8.82. The van der Waals surface area contributed by atoms with Crippen molar-refractivity contribution >= 4 is 33.9 Å². The smallest absolute Gasteiger partial charge is 0.196 e. The molecule has 3 aromatic rings. The van der Waals surface area contributed by atoms with Gasteiger partial charge >= 0.3 is 0 Å². The van der Waals surface area contributed by atoms with Crippen LogP contribution >= 0.6 is 0 Å². The number of anilines is 2. The van der Waals surface area contributed by atoms with Crippen molar-refractivity contribution < 1.29 is 14.0 Å². The molecule has 1 aliphatic carbocycles. The fourth-order valence-electron chi connectivity index (χ4n) is 3.55. The number of hydrogen-bond acceptors (Lipinski definition) is 7. The summed E-state index contributed by atoms with van der Waals surface area (Å²) in [6.45, 7) is 1.68. The number of ketones is 2. The maximum Gasteiger partial charge on any atom is 0.196 e. The highest BCUT2D eigenvalue weighted by Crippen LogP contribution is 2.43. The van der Waals surface area contributed by atoms with Crippen molar-refractivity contribution in [2.24, 2.45) is 11.5 Å². The van der Waals surface area contributed by atoms with E-state index in [1.165, 1.54) is 0 Å². The molecule has 0 saturated heterocycles. The van der Waals surface area contributed by atoms with Gasteiger partial charge in [0.2, 0.25) is 0 Å². The molecule has 1 heterocycles. The Morgan fingerprint density at radius 2 is 1.37 bits per heavy atom. The first kappa shape index (κ1) is 17.3. The van der Waals surface area contributed by atoms with Crippen LogP contribution < -0.4 is 22.1 Å². The maximum absolute atomic E-state index is 13.3. The number of nitrogens with one attached hydrogen (secondary N) is 2. The molecule has 27 heavy (non-hydrogen) atoms. The van der Waals surface area contributed by atoms with Crippen molar-refractivity contribution in [1.82, 2.24) is 0 Å². The molecule has 0 bridgehead atoms. The quantitative estimate of drug-likeness (QED) is 0.386. The van der Waals surface area contributed by atoms with Gasteiger partial charge in [-0.15, -0.1) is 0 Å². The van der Waals surface area contributed by atoms with E-state index in [1.807, 2.05) is 0 Å². The molecule has 7 nitrogen and oxygen atoms in total. The molecule has 0 spiro atoms. The van der Waals surface area contributed by atoms with Gasteiger partial charge in [-0.05, 0) is 6.07 Å². The lowest BCUT2D eigenvalue weighted by atomic mass is 9.81. The molecule has 1 aromatic heterocycles. The third-order valence-corrected chi connectivity index (χ3v) is 4.67. The lowest BCUT2D eigenvalue weighted by molar-refractivity contribution is 0.0980. The summed E-state index contributed by atoms with van der Waals surface area (Å²) < 4.78 is 5.67. The Balaban J connectivity index is 2.06. The number of nitrogens with two attached hydrogens (primary N) is 2. The van der Waals surface area contributed by atoms with E-state index in [0.29, 0.717) is 65.4 Å². The Hall–Kier alpha value is -3.16. The van der Waals surface area contributed by atoms with E-state index < -0.39 is 0 Å². The third-order valence-electron chi connectivity index (χ3n) is 4.67. The lowest BCUT2D eigenvalue weighted by Crippen LogP contribution is -2.26. The SMILES string of the molecule is NCCNc1c2c(c(NCCN)c3occc13)C(=O)c1ccccc1C2=O. The zero-order valence-corrected chi connectivity index (χ0v) is 14.7. The zero-order valence-electron chi connectivity index (χ0n) is 14.7. The minimum atomic E-state index is -0.214. The van der Waals surface area contributed by atoms with Gasteiger partial charge in [0, 0.05) is 42.7 Å². The highest BCUT2D eigenvalue weighted by atomic mass is 16.3. The summed E-state index contributed by atoms with van der Waals surface area (Å²) in [6, 6.07) is 8.63. The molecule has 0 radical (unpaired) electrons. The number of fused-ring (bicyclic) bond motifs is 3. The van der Waals surface area contributed by atoms with E-state index in [-0.39, 0.29) is 11.6 Å². The van der Waals surface area contributed by atoms with Crippen LogP contribution in [0.2, 0.25) is 0 Å². The topological polar surface area (TPSA) is 123 Å². The Labute approximate surface area is 155 Å². The Morgan fingerprint density at radius 3 is 1.96 bits per heavy atom. The van der Waals surface area contributed by atoms with Crippen molar-refractivity contribution in [1.29, 1.82) is 0 Å². The van der Waals surface area contributed by atoms with Gasteiger partial charge in [-0.1, -0.05) is 24.3 Å². The fraction of sp³-hybridized carbons (Fsp3) is 0.200.